The fourth-order valence-corrected chi connectivity index (χ4v) is 7.09. The van der Waals surface area contributed by atoms with E-state index in [1.165, 1.54) is 50.6 Å². The molecule has 0 aromatic heterocycles. The van der Waals surface area contributed by atoms with Gasteiger partial charge in [-0.1, -0.05) is 0 Å². The Kier molecular flexibility index (Phi) is 8.18. The number of hydrogen-bond donors (Lipinski definition) is 2. The summed E-state index contributed by atoms with van der Waals surface area (Å²) in [5, 5.41) is 0. The van der Waals surface area contributed by atoms with Gasteiger partial charge in [-0.3, -0.25) is 20.4 Å². The van der Waals surface area contributed by atoms with E-state index in [1.54, 1.807) is 13.2 Å². The second-order valence-corrected chi connectivity index (χ2v) is 11.0. The molecule has 2 aromatic rings. The number of nitrogens with one attached hydrogen (secondary N) is 2. The van der Waals surface area contributed by atoms with Gasteiger partial charge in [-0.25, -0.2) is 4.79 Å². The molecule has 9 heteroatoms. The molecule has 2 aromatic carbocycles. The van der Waals surface area contributed by atoms with Crippen molar-refractivity contribution in [2.24, 2.45) is 17.8 Å². The van der Waals surface area contributed by atoms with Gasteiger partial charge in [-0.15, -0.1) is 0 Å². The summed E-state index contributed by atoms with van der Waals surface area (Å²) in [6, 6.07) is 11.5. The minimum absolute atomic E-state index is 0.00245. The van der Waals surface area contributed by atoms with Gasteiger partial charge in [0.2, 0.25) is 0 Å². The van der Waals surface area contributed by atoms with Gasteiger partial charge >= 0.3 is 5.97 Å². The number of hydrogen-bond acceptors (Lipinski definition) is 7. The molecule has 4 aliphatic carbocycles. The zero-order valence-electron chi connectivity index (χ0n) is 22.5. The minimum Gasteiger partial charge on any atom is -0.467 e. The molecule has 2 amide bonds. The van der Waals surface area contributed by atoms with Crippen LogP contribution >= 0.6 is 0 Å². The predicted octanol–water partition coefficient (Wildman–Crippen LogP) is 4.02. The number of rotatable bonds is 10. The molecule has 4 saturated carbocycles. The van der Waals surface area contributed by atoms with E-state index in [-0.39, 0.29) is 12.2 Å². The first-order chi connectivity index (χ1) is 18.9. The molecule has 0 aliphatic heterocycles. The standard InChI is InChI=1S/C30H36N2O7/c1-36-9-10-38-18-39-26-8-7-24(14-25(26)30-15-19-11-20(16-30)13-21(12-19)17-30)28(34)32-31-27(33)22-3-5-23(6-4-22)29(35)37-2/h3-8,14,19-21H,9-13,15-18H2,1-2H3,(H,31,33)(H,32,34). The van der Waals surface area contributed by atoms with Gasteiger partial charge in [0, 0.05) is 23.8 Å². The quantitative estimate of drug-likeness (QED) is 0.204. The Morgan fingerprint density at radius 1 is 0.795 bits per heavy atom. The molecule has 4 aliphatic rings. The van der Waals surface area contributed by atoms with Gasteiger partial charge in [-0.2, -0.15) is 0 Å². The third-order valence-corrected chi connectivity index (χ3v) is 8.44. The third-order valence-electron chi connectivity index (χ3n) is 8.44. The van der Waals surface area contributed by atoms with Crippen LogP contribution in [-0.4, -0.2) is 52.0 Å². The van der Waals surface area contributed by atoms with Gasteiger partial charge in [0.25, 0.3) is 11.8 Å². The van der Waals surface area contributed by atoms with Crippen LogP contribution < -0.4 is 15.6 Å². The highest BCUT2D eigenvalue weighted by atomic mass is 16.7. The van der Waals surface area contributed by atoms with Gasteiger partial charge in [0.15, 0.2) is 6.79 Å². The lowest BCUT2D eigenvalue weighted by molar-refractivity contribution is -0.0189. The lowest BCUT2D eigenvalue weighted by Crippen LogP contribution is -2.48. The lowest BCUT2D eigenvalue weighted by atomic mass is 9.48. The fraction of sp³-hybridized carbons (Fsp3) is 0.500. The maximum atomic E-state index is 13.1. The van der Waals surface area contributed by atoms with Crippen molar-refractivity contribution in [2.45, 2.75) is 43.9 Å². The molecular weight excluding hydrogens is 500 g/mol. The summed E-state index contributed by atoms with van der Waals surface area (Å²) < 4.78 is 21.4. The van der Waals surface area contributed by atoms with Crippen LogP contribution in [0.5, 0.6) is 5.75 Å². The summed E-state index contributed by atoms with van der Waals surface area (Å²) in [7, 11) is 2.92. The Bertz CT molecular complexity index is 1180. The zero-order valence-corrected chi connectivity index (χ0v) is 22.5. The van der Waals surface area contributed by atoms with Gasteiger partial charge < -0.3 is 18.9 Å². The molecule has 0 unspecified atom stereocenters. The summed E-state index contributed by atoms with van der Waals surface area (Å²) in [4.78, 5) is 37.3. The van der Waals surface area contributed by atoms with E-state index in [0.29, 0.717) is 29.9 Å². The smallest absolute Gasteiger partial charge is 0.337 e. The monoisotopic (exact) mass is 536 g/mol. The Labute approximate surface area is 228 Å². The maximum absolute atomic E-state index is 13.1. The van der Waals surface area contributed by atoms with E-state index in [1.807, 2.05) is 12.1 Å². The van der Waals surface area contributed by atoms with Gasteiger partial charge in [0.1, 0.15) is 5.75 Å². The Hall–Kier alpha value is -3.43. The maximum Gasteiger partial charge on any atom is 0.337 e. The molecule has 4 fully saturated rings. The minimum atomic E-state index is -0.491. The number of methoxy groups -OCH3 is 2. The van der Waals surface area contributed by atoms with Crippen molar-refractivity contribution in [2.75, 3.05) is 34.2 Å². The average Bonchev–Trinajstić information content (AvgIpc) is 2.94. The largest absolute Gasteiger partial charge is 0.467 e. The number of amides is 2. The lowest BCUT2D eigenvalue weighted by Gasteiger charge is -2.57. The Morgan fingerprint density at radius 3 is 1.95 bits per heavy atom. The van der Waals surface area contributed by atoms with Crippen LogP contribution in [0.1, 0.15) is 75.2 Å². The first-order valence-corrected chi connectivity index (χ1v) is 13.5. The second-order valence-electron chi connectivity index (χ2n) is 11.0. The van der Waals surface area contributed by atoms with Crippen molar-refractivity contribution < 1.29 is 33.3 Å². The molecule has 4 bridgehead atoms. The third kappa shape index (κ3) is 5.94. The number of esters is 1. The molecule has 208 valence electrons. The van der Waals surface area contributed by atoms with Crippen LogP contribution in [0, 0.1) is 17.8 Å². The average molecular weight is 537 g/mol. The van der Waals surface area contributed by atoms with Crippen LogP contribution in [0.25, 0.3) is 0 Å². The summed E-state index contributed by atoms with van der Waals surface area (Å²) in [6.45, 7) is 1.04. The molecule has 0 spiro atoms. The highest BCUT2D eigenvalue weighted by Gasteiger charge is 2.52. The number of carbonyl (C=O) groups is 3. The summed E-state index contributed by atoms with van der Waals surface area (Å²) >= 11 is 0. The zero-order chi connectivity index (χ0) is 27.4. The van der Waals surface area contributed by atoms with Crippen LogP contribution in [0.4, 0.5) is 0 Å². The number of benzene rings is 2. The Morgan fingerprint density at radius 2 is 1.36 bits per heavy atom. The molecule has 0 heterocycles. The molecule has 0 saturated heterocycles. The first kappa shape index (κ1) is 27.1. The topological polar surface area (TPSA) is 112 Å². The van der Waals surface area contributed by atoms with Crippen LogP contribution in [-0.2, 0) is 19.6 Å². The van der Waals surface area contributed by atoms with Gasteiger partial charge in [0.05, 0.1) is 25.9 Å². The number of carbonyl (C=O) groups excluding carboxylic acids is 3. The molecule has 6 rings (SSSR count). The van der Waals surface area contributed by atoms with E-state index in [2.05, 4.69) is 15.6 Å². The Balaban J connectivity index is 1.30. The predicted molar refractivity (Wildman–Crippen MR) is 142 cm³/mol. The van der Waals surface area contributed by atoms with E-state index in [9.17, 15) is 14.4 Å². The van der Waals surface area contributed by atoms with Crippen molar-refractivity contribution in [3.63, 3.8) is 0 Å². The van der Waals surface area contributed by atoms with Crippen LogP contribution in [0.2, 0.25) is 0 Å². The highest BCUT2D eigenvalue weighted by Crippen LogP contribution is 2.62. The van der Waals surface area contributed by atoms with Crippen molar-refractivity contribution >= 4 is 17.8 Å². The fourth-order valence-electron chi connectivity index (χ4n) is 7.09. The van der Waals surface area contributed by atoms with Crippen LogP contribution in [0.3, 0.4) is 0 Å². The molecular formula is C30H36N2O7. The summed E-state index contributed by atoms with van der Waals surface area (Å²) in [5.74, 6) is 1.54. The molecule has 39 heavy (non-hydrogen) atoms. The van der Waals surface area contributed by atoms with Crippen molar-refractivity contribution in [1.29, 1.82) is 0 Å². The highest BCUT2D eigenvalue weighted by molar-refractivity contribution is 6.00. The molecule has 0 atom stereocenters. The summed E-state index contributed by atoms with van der Waals surface area (Å²) in [5.41, 5.74) is 7.14. The van der Waals surface area contributed by atoms with E-state index in [4.69, 9.17) is 14.2 Å². The van der Waals surface area contributed by atoms with Crippen molar-refractivity contribution in [3.05, 3.63) is 64.7 Å². The van der Waals surface area contributed by atoms with Gasteiger partial charge in [-0.05, 0) is 104 Å². The second kappa shape index (κ2) is 11.8. The first-order valence-electron chi connectivity index (χ1n) is 13.5. The van der Waals surface area contributed by atoms with E-state index >= 15 is 0 Å². The normalized spacial score (nSPS) is 24.7. The van der Waals surface area contributed by atoms with Crippen molar-refractivity contribution in [1.82, 2.24) is 10.9 Å². The summed E-state index contributed by atoms with van der Waals surface area (Å²) in [6.07, 6.45) is 7.27. The van der Waals surface area contributed by atoms with Crippen molar-refractivity contribution in [3.8, 4) is 5.75 Å². The SMILES string of the molecule is COCCOCOc1ccc(C(=O)NNC(=O)c2ccc(C(=O)OC)cc2)cc1C12CC3CC(CC(C3)C1)C2. The number of hydrazine groups is 1. The molecule has 9 nitrogen and oxygen atoms in total. The molecule has 0 radical (unpaired) electrons. The molecule has 2 N–H and O–H groups in total. The number of ether oxygens (including phenoxy) is 4. The van der Waals surface area contributed by atoms with E-state index in [0.717, 1.165) is 48.3 Å². The van der Waals surface area contributed by atoms with Crippen LogP contribution in [0.15, 0.2) is 42.5 Å². The van der Waals surface area contributed by atoms with E-state index < -0.39 is 17.8 Å².